The summed E-state index contributed by atoms with van der Waals surface area (Å²) in [7, 11) is 0. The highest BCUT2D eigenvalue weighted by molar-refractivity contribution is 9.10. The molecule has 0 aliphatic heterocycles. The molecule has 106 valence electrons. The zero-order valence-corrected chi connectivity index (χ0v) is 13.1. The van der Waals surface area contributed by atoms with E-state index < -0.39 is 0 Å². The maximum absolute atomic E-state index is 5.69. The molecule has 2 aromatic rings. The smallest absolute Gasteiger partial charge is 0.248 e. The Kier molecular flexibility index (Phi) is 4.17. The Balaban J connectivity index is 1.58. The Labute approximate surface area is 127 Å². The Hall–Kier alpha value is -1.20. The predicted molar refractivity (Wildman–Crippen MR) is 81.0 cm³/mol. The van der Waals surface area contributed by atoms with Crippen LogP contribution in [0.2, 0.25) is 0 Å². The van der Waals surface area contributed by atoms with Crippen LogP contribution in [-0.2, 0) is 6.54 Å². The van der Waals surface area contributed by atoms with E-state index in [1.54, 1.807) is 0 Å². The van der Waals surface area contributed by atoms with Crippen molar-refractivity contribution < 1.29 is 4.42 Å². The Morgan fingerprint density at radius 2 is 2.15 bits per heavy atom. The lowest BCUT2D eigenvalue weighted by molar-refractivity contribution is 0.425. The number of nitrogens with zero attached hydrogens (tertiary/aromatic N) is 2. The molecule has 5 heteroatoms. The molecule has 0 spiro atoms. The lowest BCUT2D eigenvalue weighted by Gasteiger charge is -2.09. The molecule has 20 heavy (non-hydrogen) atoms. The summed E-state index contributed by atoms with van der Waals surface area (Å²) in [6.45, 7) is 3.94. The third-order valence-electron chi connectivity index (χ3n) is 3.74. The van der Waals surface area contributed by atoms with Crippen LogP contribution in [0.1, 0.15) is 25.7 Å². The topological polar surface area (TPSA) is 51.0 Å². The van der Waals surface area contributed by atoms with Gasteiger partial charge in [0, 0.05) is 4.47 Å². The molecule has 1 fully saturated rings. The molecular formula is C15H18BrN3O. The Bertz CT molecular complexity index is 580. The Morgan fingerprint density at radius 1 is 1.35 bits per heavy atom. The average Bonchev–Trinajstić information content (AvgIpc) is 3.20. The second-order valence-corrected chi connectivity index (χ2v) is 6.28. The molecule has 1 atom stereocenters. The molecular weight excluding hydrogens is 318 g/mol. The fraction of sp³-hybridized carbons (Fsp3) is 0.467. The summed E-state index contributed by atoms with van der Waals surface area (Å²) >= 11 is 3.49. The highest BCUT2D eigenvalue weighted by atomic mass is 79.9. The van der Waals surface area contributed by atoms with Crippen molar-refractivity contribution in [2.75, 3.05) is 6.54 Å². The van der Waals surface area contributed by atoms with Crippen LogP contribution in [0.5, 0.6) is 0 Å². The zero-order chi connectivity index (χ0) is 13.9. The fourth-order valence-corrected chi connectivity index (χ4v) is 2.76. The van der Waals surface area contributed by atoms with E-state index in [1.807, 2.05) is 24.3 Å². The predicted octanol–water partition coefficient (Wildman–Crippen LogP) is 3.63. The first kappa shape index (κ1) is 13.8. The average molecular weight is 336 g/mol. The van der Waals surface area contributed by atoms with Gasteiger partial charge < -0.3 is 9.73 Å². The molecule has 1 aromatic carbocycles. The van der Waals surface area contributed by atoms with E-state index in [2.05, 4.69) is 38.4 Å². The van der Waals surface area contributed by atoms with Gasteiger partial charge in [-0.15, -0.1) is 10.2 Å². The highest BCUT2D eigenvalue weighted by Crippen LogP contribution is 2.36. The van der Waals surface area contributed by atoms with Gasteiger partial charge in [-0.1, -0.05) is 19.1 Å². The van der Waals surface area contributed by atoms with Gasteiger partial charge in [0.2, 0.25) is 11.8 Å². The summed E-state index contributed by atoms with van der Waals surface area (Å²) in [6.07, 6.45) is 2.77. The summed E-state index contributed by atoms with van der Waals surface area (Å²) in [5.74, 6) is 2.85. The monoisotopic (exact) mass is 335 g/mol. The Morgan fingerprint density at radius 3 is 2.90 bits per heavy atom. The maximum atomic E-state index is 5.69. The molecule has 4 nitrogen and oxygen atoms in total. The standard InChI is InChI=1S/C15H18BrN3O/c1-10(11-6-7-11)8-17-9-14-18-19-15(20-14)12-4-2-3-5-13(12)16/h2-5,10-11,17H,6-9H2,1H3. The summed E-state index contributed by atoms with van der Waals surface area (Å²) in [4.78, 5) is 0. The molecule has 0 amide bonds. The van der Waals surface area contributed by atoms with E-state index in [9.17, 15) is 0 Å². The first-order chi connectivity index (χ1) is 9.74. The normalized spacial score (nSPS) is 16.3. The number of rotatable bonds is 6. The van der Waals surface area contributed by atoms with E-state index in [4.69, 9.17) is 4.42 Å². The summed E-state index contributed by atoms with van der Waals surface area (Å²) in [5, 5.41) is 11.6. The molecule has 1 aliphatic carbocycles. The molecule has 0 bridgehead atoms. The zero-order valence-electron chi connectivity index (χ0n) is 11.5. The van der Waals surface area contributed by atoms with Crippen LogP contribution < -0.4 is 5.32 Å². The minimum absolute atomic E-state index is 0.560. The summed E-state index contributed by atoms with van der Waals surface area (Å²) < 4.78 is 6.66. The van der Waals surface area contributed by atoms with Crippen molar-refractivity contribution in [2.24, 2.45) is 11.8 Å². The van der Waals surface area contributed by atoms with Crippen molar-refractivity contribution in [1.29, 1.82) is 0 Å². The number of hydrogen-bond acceptors (Lipinski definition) is 4. The molecule has 1 aliphatic rings. The third kappa shape index (κ3) is 3.27. The van der Waals surface area contributed by atoms with Crippen molar-refractivity contribution in [3.63, 3.8) is 0 Å². The van der Waals surface area contributed by atoms with Crippen LogP contribution in [0.25, 0.3) is 11.5 Å². The van der Waals surface area contributed by atoms with Crippen molar-refractivity contribution in [3.05, 3.63) is 34.6 Å². The van der Waals surface area contributed by atoms with Gasteiger partial charge in [0.1, 0.15) is 0 Å². The maximum Gasteiger partial charge on any atom is 0.248 e. The number of nitrogens with one attached hydrogen (secondary N) is 1. The molecule has 0 radical (unpaired) electrons. The van der Waals surface area contributed by atoms with E-state index in [1.165, 1.54) is 12.8 Å². The number of hydrogen-bond donors (Lipinski definition) is 1. The molecule has 3 rings (SSSR count). The van der Waals surface area contributed by atoms with E-state index in [0.717, 1.165) is 28.4 Å². The van der Waals surface area contributed by atoms with Gasteiger partial charge in [-0.3, -0.25) is 0 Å². The van der Waals surface area contributed by atoms with Gasteiger partial charge in [-0.2, -0.15) is 0 Å². The number of aromatic nitrogens is 2. The van der Waals surface area contributed by atoms with Gasteiger partial charge in [-0.25, -0.2) is 0 Å². The summed E-state index contributed by atoms with van der Waals surface area (Å²) in [6, 6.07) is 7.85. The number of halogens is 1. The second kappa shape index (κ2) is 6.06. The fourth-order valence-electron chi connectivity index (χ4n) is 2.31. The molecule has 1 aromatic heterocycles. The minimum Gasteiger partial charge on any atom is -0.419 e. The van der Waals surface area contributed by atoms with Crippen LogP contribution in [-0.4, -0.2) is 16.7 Å². The molecule has 0 saturated heterocycles. The second-order valence-electron chi connectivity index (χ2n) is 5.43. The van der Waals surface area contributed by atoms with Crippen LogP contribution in [0.3, 0.4) is 0 Å². The van der Waals surface area contributed by atoms with E-state index in [0.29, 0.717) is 18.3 Å². The highest BCUT2D eigenvalue weighted by Gasteiger charge is 2.27. The van der Waals surface area contributed by atoms with Crippen molar-refractivity contribution in [2.45, 2.75) is 26.3 Å². The first-order valence-electron chi connectivity index (χ1n) is 7.02. The summed E-state index contributed by atoms with van der Waals surface area (Å²) in [5.41, 5.74) is 0.928. The largest absolute Gasteiger partial charge is 0.419 e. The lowest BCUT2D eigenvalue weighted by Crippen LogP contribution is -2.21. The third-order valence-corrected chi connectivity index (χ3v) is 4.43. The van der Waals surface area contributed by atoms with Crippen LogP contribution in [0.15, 0.2) is 33.2 Å². The van der Waals surface area contributed by atoms with E-state index >= 15 is 0 Å². The minimum atomic E-state index is 0.560. The number of benzene rings is 1. The van der Waals surface area contributed by atoms with Gasteiger partial charge in [0.25, 0.3) is 0 Å². The SMILES string of the molecule is CC(CNCc1nnc(-c2ccccc2Br)o1)C1CC1. The van der Waals surface area contributed by atoms with Gasteiger partial charge in [0.05, 0.1) is 12.1 Å². The first-order valence-corrected chi connectivity index (χ1v) is 7.81. The van der Waals surface area contributed by atoms with Gasteiger partial charge >= 0.3 is 0 Å². The molecule has 1 unspecified atom stereocenters. The van der Waals surface area contributed by atoms with E-state index in [-0.39, 0.29) is 0 Å². The van der Waals surface area contributed by atoms with Crippen LogP contribution >= 0.6 is 15.9 Å². The quantitative estimate of drug-likeness (QED) is 0.875. The van der Waals surface area contributed by atoms with Gasteiger partial charge in [-0.05, 0) is 59.3 Å². The molecule has 1 saturated carbocycles. The van der Waals surface area contributed by atoms with Gasteiger partial charge in [0.15, 0.2) is 0 Å². The van der Waals surface area contributed by atoms with Crippen LogP contribution in [0.4, 0.5) is 0 Å². The molecule has 1 heterocycles. The molecule has 1 N–H and O–H groups in total. The van der Waals surface area contributed by atoms with Crippen molar-refractivity contribution >= 4 is 15.9 Å². The van der Waals surface area contributed by atoms with Crippen molar-refractivity contribution in [3.8, 4) is 11.5 Å². The van der Waals surface area contributed by atoms with Crippen LogP contribution in [0, 0.1) is 11.8 Å². The van der Waals surface area contributed by atoms with Crippen molar-refractivity contribution in [1.82, 2.24) is 15.5 Å². The lowest BCUT2D eigenvalue weighted by atomic mass is 10.1.